The number of nitrogens with one attached hydrogen (secondary N) is 2. The van der Waals surface area contributed by atoms with Crippen LogP contribution in [0.25, 0.3) is 11.0 Å². The Morgan fingerprint density at radius 1 is 1.41 bits per heavy atom. The Bertz CT molecular complexity index is 1260. The molecule has 0 radical (unpaired) electrons. The van der Waals surface area contributed by atoms with Gasteiger partial charge in [-0.1, -0.05) is 17.7 Å². The third kappa shape index (κ3) is 3.69. The number of halogens is 2. The fourth-order valence-electron chi connectivity index (χ4n) is 5.00. The van der Waals surface area contributed by atoms with Gasteiger partial charge in [0.1, 0.15) is 17.3 Å². The number of anilines is 1. The van der Waals surface area contributed by atoms with Gasteiger partial charge in [0.05, 0.1) is 5.54 Å². The lowest BCUT2D eigenvalue weighted by Gasteiger charge is -2.35. The van der Waals surface area contributed by atoms with Gasteiger partial charge in [0.2, 0.25) is 11.9 Å². The Hall–Kier alpha value is -3.12. The SMILES string of the molecule is CC1(Nc2ncc3cc(C#N)c(=O)n(C4CCC(F)(F)C4)c3n2)C=CC2=C(CCNC2)C1. The van der Waals surface area contributed by atoms with E-state index in [0.29, 0.717) is 11.3 Å². The van der Waals surface area contributed by atoms with Crippen molar-refractivity contribution in [2.45, 2.75) is 56.5 Å². The van der Waals surface area contributed by atoms with Crippen molar-refractivity contribution in [2.75, 3.05) is 18.4 Å². The maximum absolute atomic E-state index is 13.9. The van der Waals surface area contributed by atoms with Gasteiger partial charge < -0.3 is 10.6 Å². The van der Waals surface area contributed by atoms with Crippen molar-refractivity contribution in [3.05, 3.63) is 51.5 Å². The van der Waals surface area contributed by atoms with Crippen LogP contribution in [0.5, 0.6) is 0 Å². The molecule has 0 aromatic carbocycles. The molecule has 0 saturated heterocycles. The average Bonchev–Trinajstić information content (AvgIpc) is 3.12. The van der Waals surface area contributed by atoms with Crippen molar-refractivity contribution in [3.8, 4) is 6.07 Å². The molecular weight excluding hydrogens is 414 g/mol. The van der Waals surface area contributed by atoms with Gasteiger partial charge in [-0.25, -0.2) is 13.8 Å². The summed E-state index contributed by atoms with van der Waals surface area (Å²) < 4.78 is 29.1. The van der Waals surface area contributed by atoms with E-state index in [1.807, 2.05) is 6.07 Å². The van der Waals surface area contributed by atoms with E-state index in [1.165, 1.54) is 21.8 Å². The Kier molecular flexibility index (Phi) is 4.86. The topological polar surface area (TPSA) is 95.6 Å². The van der Waals surface area contributed by atoms with Crippen LogP contribution in [-0.2, 0) is 0 Å². The molecule has 1 aliphatic heterocycles. The molecule has 2 atom stereocenters. The van der Waals surface area contributed by atoms with Crippen molar-refractivity contribution >= 4 is 17.0 Å². The van der Waals surface area contributed by atoms with Crippen molar-refractivity contribution in [1.29, 1.82) is 5.26 Å². The molecule has 3 aliphatic rings. The first-order valence-electron chi connectivity index (χ1n) is 10.9. The van der Waals surface area contributed by atoms with Crippen LogP contribution in [0.15, 0.2) is 40.4 Å². The van der Waals surface area contributed by atoms with Gasteiger partial charge in [0.25, 0.3) is 5.56 Å². The van der Waals surface area contributed by atoms with E-state index in [1.54, 1.807) is 6.20 Å². The number of aromatic nitrogens is 3. The molecule has 1 fully saturated rings. The van der Waals surface area contributed by atoms with Gasteiger partial charge in [-0.2, -0.15) is 10.2 Å². The molecule has 2 aromatic heterocycles. The van der Waals surface area contributed by atoms with Crippen LogP contribution in [0, 0.1) is 11.3 Å². The molecule has 0 spiro atoms. The maximum Gasteiger partial charge on any atom is 0.270 e. The highest BCUT2D eigenvalue weighted by molar-refractivity contribution is 5.77. The monoisotopic (exact) mass is 438 g/mol. The van der Waals surface area contributed by atoms with Crippen LogP contribution in [0.2, 0.25) is 0 Å². The van der Waals surface area contributed by atoms with Gasteiger partial charge in [0.15, 0.2) is 0 Å². The van der Waals surface area contributed by atoms with Crippen molar-refractivity contribution in [1.82, 2.24) is 19.9 Å². The lowest BCUT2D eigenvalue weighted by Crippen LogP contribution is -2.38. The van der Waals surface area contributed by atoms with Gasteiger partial charge in [-0.15, -0.1) is 0 Å². The normalized spacial score (nSPS) is 26.8. The van der Waals surface area contributed by atoms with Gasteiger partial charge in [-0.3, -0.25) is 9.36 Å². The number of rotatable bonds is 3. The number of alkyl halides is 2. The van der Waals surface area contributed by atoms with Crippen LogP contribution in [0.3, 0.4) is 0 Å². The minimum absolute atomic E-state index is 0.0930. The van der Waals surface area contributed by atoms with Crippen LogP contribution in [-0.4, -0.2) is 39.1 Å². The largest absolute Gasteiger partial charge is 0.345 e. The molecule has 0 amide bonds. The van der Waals surface area contributed by atoms with E-state index >= 15 is 0 Å². The van der Waals surface area contributed by atoms with E-state index < -0.39 is 29.5 Å². The average molecular weight is 438 g/mol. The first kappa shape index (κ1) is 20.8. The standard InChI is InChI=1S/C23H24F2N6O/c1-22(5-2-15-12-27-7-4-14(15)9-22)30-21-28-13-17-8-16(11-26)20(32)31(19(17)29-21)18-3-6-23(24,25)10-18/h2,5,8,13,18,27H,3-4,6-7,9-10,12H2,1H3,(H,28,29,30). The number of nitrogens with zero attached hydrogens (tertiary/aromatic N) is 4. The number of pyridine rings is 1. The molecule has 166 valence electrons. The first-order valence-corrected chi connectivity index (χ1v) is 10.9. The van der Waals surface area contributed by atoms with E-state index in [-0.39, 0.29) is 24.1 Å². The lowest BCUT2D eigenvalue weighted by molar-refractivity contribution is 0.00566. The van der Waals surface area contributed by atoms with Crippen molar-refractivity contribution in [3.63, 3.8) is 0 Å². The van der Waals surface area contributed by atoms with Crippen LogP contribution >= 0.6 is 0 Å². The summed E-state index contributed by atoms with van der Waals surface area (Å²) in [6.07, 6.45) is 7.00. The van der Waals surface area contributed by atoms with Crippen molar-refractivity contribution in [2.24, 2.45) is 0 Å². The van der Waals surface area contributed by atoms with Gasteiger partial charge in [-0.05, 0) is 44.4 Å². The molecule has 5 rings (SSSR count). The molecule has 2 unspecified atom stereocenters. The minimum atomic E-state index is -2.83. The number of hydrogen-bond donors (Lipinski definition) is 2. The van der Waals surface area contributed by atoms with E-state index in [4.69, 9.17) is 0 Å². The summed E-state index contributed by atoms with van der Waals surface area (Å²) in [5.74, 6) is -2.50. The molecule has 1 saturated carbocycles. The first-order chi connectivity index (χ1) is 15.3. The van der Waals surface area contributed by atoms with Gasteiger partial charge in [0, 0.05) is 37.0 Å². The highest BCUT2D eigenvalue weighted by atomic mass is 19.3. The van der Waals surface area contributed by atoms with Crippen LogP contribution in [0.4, 0.5) is 14.7 Å². The van der Waals surface area contributed by atoms with Crippen molar-refractivity contribution < 1.29 is 8.78 Å². The third-order valence-electron chi connectivity index (χ3n) is 6.64. The zero-order valence-corrected chi connectivity index (χ0v) is 17.8. The van der Waals surface area contributed by atoms with Crippen LogP contribution < -0.4 is 16.2 Å². The Morgan fingerprint density at radius 2 is 2.25 bits per heavy atom. The van der Waals surface area contributed by atoms with E-state index in [9.17, 15) is 18.8 Å². The number of fused-ring (bicyclic) bond motifs is 1. The summed E-state index contributed by atoms with van der Waals surface area (Å²) in [5, 5.41) is 16.6. The second-order valence-electron chi connectivity index (χ2n) is 9.18. The van der Waals surface area contributed by atoms with Gasteiger partial charge >= 0.3 is 0 Å². The summed E-state index contributed by atoms with van der Waals surface area (Å²) in [4.78, 5) is 21.9. The fraction of sp³-hybridized carbons (Fsp3) is 0.478. The Balaban J connectivity index is 1.53. The second kappa shape index (κ2) is 7.48. The number of nitriles is 1. The Labute approximate surface area is 183 Å². The van der Waals surface area contributed by atoms with Crippen LogP contribution in [0.1, 0.15) is 50.6 Å². The predicted octanol–water partition coefficient (Wildman–Crippen LogP) is 3.44. The predicted molar refractivity (Wildman–Crippen MR) is 117 cm³/mol. The molecule has 2 N–H and O–H groups in total. The second-order valence-corrected chi connectivity index (χ2v) is 9.18. The summed E-state index contributed by atoms with van der Waals surface area (Å²) >= 11 is 0. The molecule has 9 heteroatoms. The summed E-state index contributed by atoms with van der Waals surface area (Å²) in [6, 6.07) is 2.60. The third-order valence-corrected chi connectivity index (χ3v) is 6.64. The molecule has 3 heterocycles. The molecule has 32 heavy (non-hydrogen) atoms. The zero-order valence-electron chi connectivity index (χ0n) is 17.8. The smallest absolute Gasteiger partial charge is 0.270 e. The quantitative estimate of drug-likeness (QED) is 0.762. The summed E-state index contributed by atoms with van der Waals surface area (Å²) in [5.41, 5.74) is 1.91. The highest BCUT2D eigenvalue weighted by Crippen LogP contribution is 2.42. The number of hydrogen-bond acceptors (Lipinski definition) is 6. The maximum atomic E-state index is 13.9. The lowest BCUT2D eigenvalue weighted by atomic mass is 9.82. The zero-order chi connectivity index (χ0) is 22.5. The summed E-state index contributed by atoms with van der Waals surface area (Å²) in [7, 11) is 0. The molecule has 2 aromatic rings. The van der Waals surface area contributed by atoms with E-state index in [0.717, 1.165) is 25.9 Å². The minimum Gasteiger partial charge on any atom is -0.345 e. The molecular formula is C23H24F2N6O. The molecule has 0 bridgehead atoms. The summed E-state index contributed by atoms with van der Waals surface area (Å²) in [6.45, 7) is 3.88. The molecule has 7 nitrogen and oxygen atoms in total. The Morgan fingerprint density at radius 3 is 3.00 bits per heavy atom. The fourth-order valence-corrected chi connectivity index (χ4v) is 5.00. The van der Waals surface area contributed by atoms with E-state index in [2.05, 4.69) is 39.7 Å². The molecule has 2 aliphatic carbocycles. The highest BCUT2D eigenvalue weighted by Gasteiger charge is 2.41.